The summed E-state index contributed by atoms with van der Waals surface area (Å²) in [6.07, 6.45) is 6.96. The summed E-state index contributed by atoms with van der Waals surface area (Å²) in [6, 6.07) is 7.76. The van der Waals surface area contributed by atoms with Gasteiger partial charge in [-0.3, -0.25) is 4.79 Å². The molecule has 1 aromatic carbocycles. The maximum Gasteiger partial charge on any atom is 0.197 e. The average Bonchev–Trinajstić information content (AvgIpc) is 3.11. The van der Waals surface area contributed by atoms with Crippen molar-refractivity contribution in [2.24, 2.45) is 11.8 Å². The van der Waals surface area contributed by atoms with E-state index in [9.17, 15) is 4.79 Å². The fourth-order valence-electron chi connectivity index (χ4n) is 3.99. The zero-order chi connectivity index (χ0) is 17.0. The molecule has 1 heterocycles. The third-order valence-corrected chi connectivity index (χ3v) is 5.53. The molecule has 3 rings (SSSR count). The summed E-state index contributed by atoms with van der Waals surface area (Å²) in [5, 5.41) is 0.712. The molecule has 1 saturated heterocycles. The SMILES string of the molecule is C=CCCC(=O)[C@H]1CC[C@@H](C2(c3ccc(Cl)cc3)OCCO2)CC1. The molecule has 1 saturated carbocycles. The molecule has 0 bridgehead atoms. The Morgan fingerprint density at radius 3 is 2.38 bits per heavy atom. The first-order valence-corrected chi connectivity index (χ1v) is 9.21. The van der Waals surface area contributed by atoms with E-state index in [4.69, 9.17) is 21.1 Å². The quantitative estimate of drug-likeness (QED) is 0.687. The summed E-state index contributed by atoms with van der Waals surface area (Å²) in [5.41, 5.74) is 1.03. The van der Waals surface area contributed by atoms with Crippen LogP contribution >= 0.6 is 11.6 Å². The highest BCUT2D eigenvalue weighted by atomic mass is 35.5. The minimum absolute atomic E-state index is 0.185. The number of hydrogen-bond donors (Lipinski definition) is 0. The van der Waals surface area contributed by atoms with Crippen molar-refractivity contribution < 1.29 is 14.3 Å². The van der Waals surface area contributed by atoms with Crippen molar-refractivity contribution >= 4 is 17.4 Å². The fourth-order valence-corrected chi connectivity index (χ4v) is 4.12. The molecule has 1 aromatic rings. The molecular formula is C20H25ClO3. The molecule has 4 heteroatoms. The lowest BCUT2D eigenvalue weighted by atomic mass is 9.74. The largest absolute Gasteiger partial charge is 0.343 e. The number of carbonyl (C=O) groups excluding carboxylic acids is 1. The Kier molecular flexibility index (Phi) is 5.75. The lowest BCUT2D eigenvalue weighted by Crippen LogP contribution is -2.39. The van der Waals surface area contributed by atoms with E-state index in [1.54, 1.807) is 0 Å². The molecule has 0 N–H and O–H groups in total. The maximum atomic E-state index is 12.2. The van der Waals surface area contributed by atoms with Crippen LogP contribution < -0.4 is 0 Å². The molecule has 24 heavy (non-hydrogen) atoms. The molecule has 1 aliphatic carbocycles. The number of carbonyl (C=O) groups is 1. The topological polar surface area (TPSA) is 35.5 Å². The lowest BCUT2D eigenvalue weighted by molar-refractivity contribution is -0.213. The van der Waals surface area contributed by atoms with Gasteiger partial charge < -0.3 is 9.47 Å². The Morgan fingerprint density at radius 1 is 1.17 bits per heavy atom. The highest BCUT2D eigenvalue weighted by Gasteiger charge is 2.47. The monoisotopic (exact) mass is 348 g/mol. The predicted octanol–water partition coefficient (Wildman–Crippen LogP) is 4.88. The van der Waals surface area contributed by atoms with Gasteiger partial charge in [-0.25, -0.2) is 0 Å². The first-order valence-electron chi connectivity index (χ1n) is 8.83. The highest BCUT2D eigenvalue weighted by Crippen LogP contribution is 2.46. The second-order valence-corrected chi connectivity index (χ2v) is 7.15. The summed E-state index contributed by atoms with van der Waals surface area (Å²) in [7, 11) is 0. The molecule has 0 unspecified atom stereocenters. The lowest BCUT2D eigenvalue weighted by Gasteiger charge is -2.39. The van der Waals surface area contributed by atoms with Crippen LogP contribution in [0.3, 0.4) is 0 Å². The number of hydrogen-bond acceptors (Lipinski definition) is 3. The molecule has 0 spiro atoms. The summed E-state index contributed by atoms with van der Waals surface area (Å²) >= 11 is 6.02. The van der Waals surface area contributed by atoms with E-state index < -0.39 is 5.79 Å². The van der Waals surface area contributed by atoms with Crippen LogP contribution in [0.15, 0.2) is 36.9 Å². The Labute approximate surface area is 149 Å². The van der Waals surface area contributed by atoms with Gasteiger partial charge in [0, 0.05) is 28.8 Å². The highest BCUT2D eigenvalue weighted by molar-refractivity contribution is 6.30. The Hall–Kier alpha value is -1.16. The molecular weight excluding hydrogens is 324 g/mol. The number of rotatable bonds is 6. The van der Waals surface area contributed by atoms with E-state index in [-0.39, 0.29) is 11.8 Å². The molecule has 130 valence electrons. The number of ketones is 1. The fraction of sp³-hybridized carbons (Fsp3) is 0.550. The maximum absolute atomic E-state index is 12.2. The van der Waals surface area contributed by atoms with Gasteiger partial charge in [-0.1, -0.05) is 29.8 Å². The Morgan fingerprint density at radius 2 is 1.79 bits per heavy atom. The Bertz CT molecular complexity index is 567. The van der Waals surface area contributed by atoms with Gasteiger partial charge in [0.2, 0.25) is 0 Å². The van der Waals surface area contributed by atoms with E-state index in [2.05, 4.69) is 6.58 Å². The molecule has 2 aliphatic rings. The van der Waals surface area contributed by atoms with Crippen LogP contribution in [0.4, 0.5) is 0 Å². The van der Waals surface area contributed by atoms with E-state index in [1.807, 2.05) is 30.3 Å². The van der Waals surface area contributed by atoms with Crippen molar-refractivity contribution in [2.75, 3.05) is 13.2 Å². The van der Waals surface area contributed by atoms with Gasteiger partial charge in [0.05, 0.1) is 13.2 Å². The summed E-state index contributed by atoms with van der Waals surface area (Å²) in [6.45, 7) is 4.92. The van der Waals surface area contributed by atoms with Gasteiger partial charge >= 0.3 is 0 Å². The van der Waals surface area contributed by atoms with Crippen LogP contribution in [0.5, 0.6) is 0 Å². The molecule has 0 radical (unpaired) electrons. The van der Waals surface area contributed by atoms with Gasteiger partial charge in [-0.05, 0) is 44.2 Å². The normalized spacial score (nSPS) is 26.2. The molecule has 2 fully saturated rings. The molecule has 0 amide bonds. The van der Waals surface area contributed by atoms with Gasteiger partial charge in [0.1, 0.15) is 5.78 Å². The first kappa shape index (κ1) is 17.7. The smallest absolute Gasteiger partial charge is 0.197 e. The minimum Gasteiger partial charge on any atom is -0.343 e. The Balaban J connectivity index is 1.69. The molecule has 0 atom stereocenters. The van der Waals surface area contributed by atoms with E-state index >= 15 is 0 Å². The van der Waals surface area contributed by atoms with E-state index in [1.165, 1.54) is 0 Å². The van der Waals surface area contributed by atoms with Gasteiger partial charge in [0.15, 0.2) is 5.79 Å². The van der Waals surface area contributed by atoms with Crippen molar-refractivity contribution in [2.45, 2.75) is 44.3 Å². The van der Waals surface area contributed by atoms with Gasteiger partial charge in [-0.2, -0.15) is 0 Å². The number of ether oxygens (including phenoxy) is 2. The van der Waals surface area contributed by atoms with Crippen LogP contribution in [0.25, 0.3) is 0 Å². The summed E-state index contributed by atoms with van der Waals surface area (Å²) < 4.78 is 12.2. The van der Waals surface area contributed by atoms with Crippen LogP contribution in [0.1, 0.15) is 44.1 Å². The first-order chi connectivity index (χ1) is 11.7. The van der Waals surface area contributed by atoms with Crippen LogP contribution in [-0.4, -0.2) is 19.0 Å². The average molecular weight is 349 g/mol. The number of Topliss-reactive ketones (excluding diaryl/α,β-unsaturated/α-hetero) is 1. The molecule has 1 aliphatic heterocycles. The van der Waals surface area contributed by atoms with Crippen LogP contribution in [0.2, 0.25) is 5.02 Å². The third-order valence-electron chi connectivity index (χ3n) is 5.28. The standard InChI is InChI=1S/C20H25ClO3/c1-2-3-4-19(22)15-5-7-16(8-6-15)20(23-13-14-24-20)17-9-11-18(21)12-10-17/h2,9-12,15-16H,1,3-8,13-14H2/t15-,16+. The summed E-state index contributed by atoms with van der Waals surface area (Å²) in [5.74, 6) is 0.177. The zero-order valence-corrected chi connectivity index (χ0v) is 14.8. The number of benzene rings is 1. The minimum atomic E-state index is -0.667. The van der Waals surface area contributed by atoms with Crippen molar-refractivity contribution in [3.63, 3.8) is 0 Å². The van der Waals surface area contributed by atoms with Crippen molar-refractivity contribution in [3.8, 4) is 0 Å². The zero-order valence-electron chi connectivity index (χ0n) is 14.0. The van der Waals surface area contributed by atoms with E-state index in [0.717, 1.165) is 37.7 Å². The van der Waals surface area contributed by atoms with Crippen molar-refractivity contribution in [1.82, 2.24) is 0 Å². The molecule has 0 aromatic heterocycles. The number of halogens is 1. The predicted molar refractivity (Wildman–Crippen MR) is 94.9 cm³/mol. The second kappa shape index (κ2) is 7.81. The third kappa shape index (κ3) is 3.58. The number of allylic oxidation sites excluding steroid dienone is 1. The molecule has 3 nitrogen and oxygen atoms in total. The van der Waals surface area contributed by atoms with Crippen LogP contribution in [-0.2, 0) is 20.1 Å². The van der Waals surface area contributed by atoms with Crippen molar-refractivity contribution in [1.29, 1.82) is 0 Å². The summed E-state index contributed by atoms with van der Waals surface area (Å²) in [4.78, 5) is 12.2. The second-order valence-electron chi connectivity index (χ2n) is 6.71. The van der Waals surface area contributed by atoms with Gasteiger partial charge in [-0.15, -0.1) is 6.58 Å². The van der Waals surface area contributed by atoms with Crippen molar-refractivity contribution in [3.05, 3.63) is 47.5 Å². The van der Waals surface area contributed by atoms with Gasteiger partial charge in [0.25, 0.3) is 0 Å². The van der Waals surface area contributed by atoms with E-state index in [0.29, 0.717) is 30.4 Å². The van der Waals surface area contributed by atoms with Crippen LogP contribution in [0, 0.1) is 11.8 Å².